The maximum Gasteiger partial charge on any atom is 0.286 e. The van der Waals surface area contributed by atoms with Gasteiger partial charge in [0, 0.05) is 13.1 Å². The van der Waals surface area contributed by atoms with E-state index >= 15 is 0 Å². The van der Waals surface area contributed by atoms with Crippen molar-refractivity contribution in [3.8, 4) is 11.5 Å². The van der Waals surface area contributed by atoms with Gasteiger partial charge in [-0.1, -0.05) is 0 Å². The van der Waals surface area contributed by atoms with Crippen molar-refractivity contribution in [2.75, 3.05) is 20.2 Å². The highest BCUT2D eigenvalue weighted by atomic mass is 127. The van der Waals surface area contributed by atoms with Gasteiger partial charge in [-0.25, -0.2) is 0 Å². The zero-order valence-corrected chi connectivity index (χ0v) is 15.0. The van der Waals surface area contributed by atoms with Gasteiger partial charge in [0.15, 0.2) is 16.7 Å². The second-order valence-corrected chi connectivity index (χ2v) is 7.23. The zero-order chi connectivity index (χ0) is 15.7. The molecule has 3 rings (SSSR count). The van der Waals surface area contributed by atoms with Crippen molar-refractivity contribution >= 4 is 51.5 Å². The third kappa shape index (κ3) is 3.10. The molecule has 22 heavy (non-hydrogen) atoms. The average molecular weight is 430 g/mol. The molecule has 5 nitrogen and oxygen atoms in total. The largest absolute Gasteiger partial charge is 0.504 e. The fourth-order valence-corrected chi connectivity index (χ4v) is 4.02. The molecule has 0 aliphatic carbocycles. The number of thioether (sulfide) groups is 1. The summed E-state index contributed by atoms with van der Waals surface area (Å²) in [6.07, 6.45) is 4.10. The van der Waals surface area contributed by atoms with Crippen LogP contribution in [-0.4, -0.2) is 41.3 Å². The van der Waals surface area contributed by atoms with E-state index < -0.39 is 0 Å². The summed E-state index contributed by atoms with van der Waals surface area (Å²) < 4.78 is 5.83. The quantitative estimate of drug-likeness (QED) is 0.578. The molecule has 0 spiro atoms. The topological polar surface area (TPSA) is 62.1 Å². The Morgan fingerprint density at radius 1 is 1.41 bits per heavy atom. The van der Waals surface area contributed by atoms with Crippen LogP contribution in [0.15, 0.2) is 22.0 Å². The molecule has 0 aromatic heterocycles. The number of hydrogen-bond acceptors (Lipinski definition) is 5. The number of aliphatic imine (C=N–C) groups is 1. The summed E-state index contributed by atoms with van der Waals surface area (Å²) in [7, 11) is 1.51. The van der Waals surface area contributed by atoms with Crippen LogP contribution in [0.4, 0.5) is 0 Å². The van der Waals surface area contributed by atoms with Gasteiger partial charge in [0.1, 0.15) is 0 Å². The summed E-state index contributed by atoms with van der Waals surface area (Å²) in [4.78, 5) is 19.0. The van der Waals surface area contributed by atoms with Gasteiger partial charge in [-0.3, -0.25) is 4.79 Å². The average Bonchev–Trinajstić information content (AvgIpc) is 3.13. The molecule has 1 fully saturated rings. The molecule has 1 amide bonds. The van der Waals surface area contributed by atoms with Crippen LogP contribution >= 0.6 is 34.4 Å². The van der Waals surface area contributed by atoms with Crippen molar-refractivity contribution < 1.29 is 14.6 Å². The first-order valence-electron chi connectivity index (χ1n) is 6.92. The standard InChI is InChI=1S/C15H15IN2O3S/c1-21-11-7-9(6-10(16)13(11)19)8-12-14(20)17-15(22-12)18-4-2-3-5-18/h6-8,19H,2-5H2,1H3. The number of rotatable bonds is 2. The number of benzene rings is 1. The molecule has 0 bridgehead atoms. The van der Waals surface area contributed by atoms with Gasteiger partial charge < -0.3 is 14.7 Å². The Bertz CT molecular complexity index is 682. The number of likely N-dealkylation sites (tertiary alicyclic amines) is 1. The van der Waals surface area contributed by atoms with E-state index in [1.807, 2.05) is 28.7 Å². The number of methoxy groups -OCH3 is 1. The van der Waals surface area contributed by atoms with Crippen molar-refractivity contribution in [3.05, 3.63) is 26.2 Å². The zero-order valence-electron chi connectivity index (χ0n) is 12.0. The molecule has 0 saturated carbocycles. The first-order valence-corrected chi connectivity index (χ1v) is 8.82. The van der Waals surface area contributed by atoms with Crippen LogP contribution in [0.5, 0.6) is 11.5 Å². The highest BCUT2D eigenvalue weighted by Gasteiger charge is 2.27. The summed E-state index contributed by atoms with van der Waals surface area (Å²) in [5.41, 5.74) is 0.813. The second-order valence-electron chi connectivity index (χ2n) is 5.06. The van der Waals surface area contributed by atoms with Gasteiger partial charge in [-0.2, -0.15) is 4.99 Å². The summed E-state index contributed by atoms with van der Waals surface area (Å²) in [6, 6.07) is 3.53. The Labute approximate surface area is 146 Å². The minimum atomic E-state index is -0.200. The molecule has 0 radical (unpaired) electrons. The van der Waals surface area contributed by atoms with Gasteiger partial charge in [-0.15, -0.1) is 0 Å². The third-order valence-corrected chi connectivity index (χ3v) is 5.42. The second kappa shape index (κ2) is 6.49. The number of carbonyl (C=O) groups is 1. The van der Waals surface area contributed by atoms with Crippen molar-refractivity contribution in [3.63, 3.8) is 0 Å². The molecular weight excluding hydrogens is 415 g/mol. The van der Waals surface area contributed by atoms with Gasteiger partial charge >= 0.3 is 0 Å². The maximum atomic E-state index is 12.1. The first-order chi connectivity index (χ1) is 10.6. The van der Waals surface area contributed by atoms with E-state index in [0.29, 0.717) is 14.2 Å². The molecule has 2 heterocycles. The number of phenolic OH excluding ortho intramolecular Hbond substituents is 1. The third-order valence-electron chi connectivity index (χ3n) is 3.55. The van der Waals surface area contributed by atoms with E-state index in [4.69, 9.17) is 4.74 Å². The molecule has 1 aromatic carbocycles. The lowest BCUT2D eigenvalue weighted by Crippen LogP contribution is -2.23. The van der Waals surface area contributed by atoms with Crippen LogP contribution < -0.4 is 4.74 Å². The number of hydrogen-bond donors (Lipinski definition) is 1. The molecule has 2 aliphatic heterocycles. The minimum Gasteiger partial charge on any atom is -0.504 e. The molecule has 1 saturated heterocycles. The molecule has 1 N–H and O–H groups in total. The Hall–Kier alpha value is -1.22. The highest BCUT2D eigenvalue weighted by Crippen LogP contribution is 2.36. The number of amides is 1. The maximum absolute atomic E-state index is 12.1. The monoisotopic (exact) mass is 430 g/mol. The number of ether oxygens (including phenoxy) is 1. The number of nitrogens with zero attached hydrogens (tertiary/aromatic N) is 2. The molecule has 1 aromatic rings. The van der Waals surface area contributed by atoms with Crippen LogP contribution in [0.3, 0.4) is 0 Å². The number of phenols is 1. The predicted molar refractivity (Wildman–Crippen MR) is 96.2 cm³/mol. The molecule has 0 atom stereocenters. The van der Waals surface area contributed by atoms with Gasteiger partial charge in [-0.05, 0) is 71.0 Å². The number of aromatic hydroxyl groups is 1. The fourth-order valence-electron chi connectivity index (χ4n) is 2.43. The van der Waals surface area contributed by atoms with Crippen LogP contribution in [0.1, 0.15) is 18.4 Å². The number of amidine groups is 1. The smallest absolute Gasteiger partial charge is 0.286 e. The van der Waals surface area contributed by atoms with Gasteiger partial charge in [0.25, 0.3) is 5.91 Å². The minimum absolute atomic E-state index is 0.115. The van der Waals surface area contributed by atoms with E-state index in [1.165, 1.54) is 18.9 Å². The number of halogens is 1. The van der Waals surface area contributed by atoms with E-state index in [-0.39, 0.29) is 11.7 Å². The van der Waals surface area contributed by atoms with Crippen molar-refractivity contribution in [2.45, 2.75) is 12.8 Å². The van der Waals surface area contributed by atoms with Gasteiger partial charge in [0.2, 0.25) is 0 Å². The van der Waals surface area contributed by atoms with Crippen molar-refractivity contribution in [2.24, 2.45) is 4.99 Å². The molecular formula is C15H15IN2O3S. The van der Waals surface area contributed by atoms with Crippen molar-refractivity contribution in [1.29, 1.82) is 0 Å². The van der Waals surface area contributed by atoms with Crippen LogP contribution in [0.25, 0.3) is 6.08 Å². The van der Waals surface area contributed by atoms with Crippen molar-refractivity contribution in [1.82, 2.24) is 4.90 Å². The Kier molecular flexibility index (Phi) is 4.62. The summed E-state index contributed by atoms with van der Waals surface area (Å²) in [5, 5.41) is 10.7. The van der Waals surface area contributed by atoms with Gasteiger partial charge in [0.05, 0.1) is 15.6 Å². The van der Waals surface area contributed by atoms with E-state index in [0.717, 1.165) is 36.7 Å². The van der Waals surface area contributed by atoms with Crippen LogP contribution in [-0.2, 0) is 4.79 Å². The predicted octanol–water partition coefficient (Wildman–Crippen LogP) is 3.07. The van der Waals surface area contributed by atoms with E-state index in [9.17, 15) is 9.90 Å². The number of carbonyl (C=O) groups excluding carboxylic acids is 1. The SMILES string of the molecule is COc1cc(C=C2SC(N3CCCC3)=NC2=O)cc(I)c1O. The molecule has 0 unspecified atom stereocenters. The Balaban J connectivity index is 1.84. The molecule has 2 aliphatic rings. The molecule has 116 valence electrons. The van der Waals surface area contributed by atoms with E-state index in [1.54, 1.807) is 12.1 Å². The summed E-state index contributed by atoms with van der Waals surface area (Å²) in [6.45, 7) is 1.94. The van der Waals surface area contributed by atoms with Crippen LogP contribution in [0.2, 0.25) is 0 Å². The lowest BCUT2D eigenvalue weighted by Gasteiger charge is -2.14. The Morgan fingerprint density at radius 2 is 2.14 bits per heavy atom. The normalized spacial score (nSPS) is 19.9. The first kappa shape index (κ1) is 15.7. The molecule has 7 heteroatoms. The van der Waals surface area contributed by atoms with E-state index in [2.05, 4.69) is 9.89 Å². The summed E-state index contributed by atoms with van der Waals surface area (Å²) in [5.74, 6) is 0.313. The highest BCUT2D eigenvalue weighted by molar-refractivity contribution is 14.1. The van der Waals surface area contributed by atoms with Crippen LogP contribution in [0, 0.1) is 3.57 Å². The Morgan fingerprint density at radius 3 is 2.82 bits per heavy atom. The fraction of sp³-hybridized carbons (Fsp3) is 0.333. The lowest BCUT2D eigenvalue weighted by atomic mass is 10.2. The lowest BCUT2D eigenvalue weighted by molar-refractivity contribution is -0.113. The summed E-state index contributed by atoms with van der Waals surface area (Å²) >= 11 is 3.45.